The molecule has 0 amide bonds. The van der Waals surface area contributed by atoms with Crippen molar-refractivity contribution in [1.82, 2.24) is 0 Å². The molecule has 4 atom stereocenters. The zero-order chi connectivity index (χ0) is 16.2. The summed E-state index contributed by atoms with van der Waals surface area (Å²) in [7, 11) is 0. The topological polar surface area (TPSA) is 0 Å². The monoisotopic (exact) mass is 308 g/mol. The molecule has 1 saturated carbocycles. The van der Waals surface area contributed by atoms with Gasteiger partial charge in [-0.15, -0.1) is 0 Å². The van der Waals surface area contributed by atoms with Crippen molar-refractivity contribution in [2.75, 3.05) is 0 Å². The lowest BCUT2D eigenvalue weighted by Crippen LogP contribution is -2.20. The fourth-order valence-electron chi connectivity index (χ4n) is 4.74. The van der Waals surface area contributed by atoms with Gasteiger partial charge in [0.05, 0.1) is 0 Å². The van der Waals surface area contributed by atoms with Crippen LogP contribution >= 0.6 is 0 Å². The van der Waals surface area contributed by atoms with E-state index in [-0.39, 0.29) is 0 Å². The fraction of sp³-hybridized carbons (Fsp3) is 1.00. The van der Waals surface area contributed by atoms with Gasteiger partial charge in [0.1, 0.15) is 0 Å². The second kappa shape index (κ2) is 12.4. The van der Waals surface area contributed by atoms with Crippen molar-refractivity contribution in [3.05, 3.63) is 0 Å². The normalized spacial score (nSPS) is 25.1. The van der Waals surface area contributed by atoms with E-state index in [0.717, 1.165) is 23.7 Å². The molecule has 1 rings (SSSR count). The molecule has 22 heavy (non-hydrogen) atoms. The summed E-state index contributed by atoms with van der Waals surface area (Å²) in [6, 6.07) is 0. The third kappa shape index (κ3) is 8.02. The van der Waals surface area contributed by atoms with Gasteiger partial charge in [-0.25, -0.2) is 0 Å². The SMILES string of the molecule is CCCCC(CC)CC1CCCC(CC(CC)CCCC)C1. The van der Waals surface area contributed by atoms with Crippen molar-refractivity contribution in [3.63, 3.8) is 0 Å². The molecule has 0 spiro atoms. The Morgan fingerprint density at radius 2 is 1.18 bits per heavy atom. The zero-order valence-corrected chi connectivity index (χ0v) is 16.2. The average molecular weight is 309 g/mol. The minimum atomic E-state index is 1.02. The highest BCUT2D eigenvalue weighted by Gasteiger charge is 2.25. The lowest BCUT2D eigenvalue weighted by molar-refractivity contribution is 0.189. The molecule has 0 bridgehead atoms. The third-order valence-electron chi connectivity index (χ3n) is 6.31. The standard InChI is InChI=1S/C22H44/c1-5-9-12-19(7-3)16-21-14-11-15-22(18-21)17-20(8-4)13-10-6-2/h19-22H,5-18H2,1-4H3. The van der Waals surface area contributed by atoms with Crippen molar-refractivity contribution < 1.29 is 0 Å². The summed E-state index contributed by atoms with van der Waals surface area (Å²) in [5.41, 5.74) is 0. The van der Waals surface area contributed by atoms with Crippen LogP contribution in [0.2, 0.25) is 0 Å². The molecular weight excluding hydrogens is 264 g/mol. The molecule has 1 fully saturated rings. The maximum atomic E-state index is 2.42. The largest absolute Gasteiger partial charge is 0.0654 e. The Labute approximate surface area is 141 Å². The summed E-state index contributed by atoms with van der Waals surface area (Å²) >= 11 is 0. The summed E-state index contributed by atoms with van der Waals surface area (Å²) in [5.74, 6) is 4.16. The molecule has 0 aromatic carbocycles. The Morgan fingerprint density at radius 1 is 0.727 bits per heavy atom. The van der Waals surface area contributed by atoms with Gasteiger partial charge >= 0.3 is 0 Å². The van der Waals surface area contributed by atoms with Gasteiger partial charge in [-0.2, -0.15) is 0 Å². The highest BCUT2D eigenvalue weighted by molar-refractivity contribution is 4.77. The number of hydrogen-bond donors (Lipinski definition) is 0. The van der Waals surface area contributed by atoms with Crippen molar-refractivity contribution in [1.29, 1.82) is 0 Å². The van der Waals surface area contributed by atoms with E-state index in [1.807, 2.05) is 0 Å². The summed E-state index contributed by atoms with van der Waals surface area (Å²) in [6.45, 7) is 9.51. The van der Waals surface area contributed by atoms with E-state index in [4.69, 9.17) is 0 Å². The predicted molar refractivity (Wildman–Crippen MR) is 101 cm³/mol. The van der Waals surface area contributed by atoms with Crippen LogP contribution in [0.25, 0.3) is 0 Å². The van der Waals surface area contributed by atoms with Crippen LogP contribution in [-0.4, -0.2) is 0 Å². The Bertz CT molecular complexity index is 220. The third-order valence-corrected chi connectivity index (χ3v) is 6.31. The Kier molecular flexibility index (Phi) is 11.3. The second-order valence-electron chi connectivity index (χ2n) is 8.20. The van der Waals surface area contributed by atoms with Crippen molar-refractivity contribution in [2.24, 2.45) is 23.7 Å². The summed E-state index contributed by atoms with van der Waals surface area (Å²) in [6.07, 6.45) is 20.7. The first-order valence-corrected chi connectivity index (χ1v) is 10.7. The quantitative estimate of drug-likeness (QED) is 0.342. The van der Waals surface area contributed by atoms with Crippen molar-refractivity contribution in [3.8, 4) is 0 Å². The minimum absolute atomic E-state index is 1.02. The van der Waals surface area contributed by atoms with Crippen LogP contribution in [0.1, 0.15) is 118 Å². The smallest absolute Gasteiger partial charge is 0.0409 e. The first-order chi connectivity index (χ1) is 10.7. The van der Waals surface area contributed by atoms with E-state index < -0.39 is 0 Å². The molecule has 0 nitrogen and oxygen atoms in total. The van der Waals surface area contributed by atoms with Crippen molar-refractivity contribution >= 4 is 0 Å². The van der Waals surface area contributed by atoms with Crippen LogP contribution in [0.15, 0.2) is 0 Å². The lowest BCUT2D eigenvalue weighted by atomic mass is 9.73. The van der Waals surface area contributed by atoms with E-state index in [2.05, 4.69) is 27.7 Å². The van der Waals surface area contributed by atoms with Gasteiger partial charge in [0.25, 0.3) is 0 Å². The molecular formula is C22H44. The fourth-order valence-corrected chi connectivity index (χ4v) is 4.74. The molecule has 0 heteroatoms. The van der Waals surface area contributed by atoms with E-state index in [9.17, 15) is 0 Å². The maximum Gasteiger partial charge on any atom is -0.0409 e. The molecule has 1 aliphatic carbocycles. The lowest BCUT2D eigenvalue weighted by Gasteiger charge is -2.33. The Hall–Kier alpha value is 0. The molecule has 0 aromatic rings. The number of rotatable bonds is 12. The van der Waals surface area contributed by atoms with Gasteiger partial charge < -0.3 is 0 Å². The molecule has 0 saturated heterocycles. The number of hydrogen-bond acceptors (Lipinski definition) is 0. The van der Waals surface area contributed by atoms with Gasteiger partial charge in [-0.05, 0) is 42.9 Å². The molecule has 4 unspecified atom stereocenters. The first kappa shape index (κ1) is 20.0. The van der Waals surface area contributed by atoms with E-state index in [1.54, 1.807) is 19.3 Å². The van der Waals surface area contributed by atoms with Crippen LogP contribution in [-0.2, 0) is 0 Å². The van der Waals surface area contributed by atoms with Gasteiger partial charge in [0.2, 0.25) is 0 Å². The van der Waals surface area contributed by atoms with Gasteiger partial charge in [-0.3, -0.25) is 0 Å². The second-order valence-corrected chi connectivity index (χ2v) is 8.20. The molecule has 132 valence electrons. The average Bonchev–Trinajstić information content (AvgIpc) is 2.55. The molecule has 0 radical (unpaired) electrons. The highest BCUT2D eigenvalue weighted by Crippen LogP contribution is 2.38. The number of unbranched alkanes of at least 4 members (excludes halogenated alkanes) is 2. The maximum absolute atomic E-state index is 2.42. The van der Waals surface area contributed by atoms with Gasteiger partial charge in [0, 0.05) is 0 Å². The molecule has 0 N–H and O–H groups in total. The Morgan fingerprint density at radius 3 is 1.55 bits per heavy atom. The van der Waals surface area contributed by atoms with E-state index in [1.165, 1.54) is 70.6 Å². The Balaban J connectivity index is 2.36. The first-order valence-electron chi connectivity index (χ1n) is 10.7. The zero-order valence-electron chi connectivity index (χ0n) is 16.2. The van der Waals surface area contributed by atoms with Crippen LogP contribution in [0, 0.1) is 23.7 Å². The summed E-state index contributed by atoms with van der Waals surface area (Å²) in [4.78, 5) is 0. The summed E-state index contributed by atoms with van der Waals surface area (Å²) in [5, 5.41) is 0. The molecule has 0 aliphatic heterocycles. The van der Waals surface area contributed by atoms with Gasteiger partial charge in [0.15, 0.2) is 0 Å². The highest BCUT2D eigenvalue weighted by atomic mass is 14.3. The van der Waals surface area contributed by atoms with E-state index >= 15 is 0 Å². The molecule has 0 heterocycles. The van der Waals surface area contributed by atoms with E-state index in [0.29, 0.717) is 0 Å². The molecule has 1 aliphatic rings. The van der Waals surface area contributed by atoms with Crippen LogP contribution in [0.5, 0.6) is 0 Å². The summed E-state index contributed by atoms with van der Waals surface area (Å²) < 4.78 is 0. The molecule has 0 aromatic heterocycles. The van der Waals surface area contributed by atoms with Crippen molar-refractivity contribution in [2.45, 2.75) is 118 Å². The minimum Gasteiger partial charge on any atom is -0.0654 e. The predicted octanol–water partition coefficient (Wildman–Crippen LogP) is 8.01. The van der Waals surface area contributed by atoms with Crippen LogP contribution < -0.4 is 0 Å². The van der Waals surface area contributed by atoms with Crippen LogP contribution in [0.4, 0.5) is 0 Å². The van der Waals surface area contributed by atoms with Crippen LogP contribution in [0.3, 0.4) is 0 Å². The van der Waals surface area contributed by atoms with Gasteiger partial charge in [-0.1, -0.05) is 98.3 Å².